The Morgan fingerprint density at radius 2 is 2.24 bits per heavy atom. The van der Waals surface area contributed by atoms with Gasteiger partial charge in [0.15, 0.2) is 12.3 Å². The predicted octanol–water partition coefficient (Wildman–Crippen LogP) is 1.14. The molecular formula is C10H16N2O5. The summed E-state index contributed by atoms with van der Waals surface area (Å²) < 4.78 is 4.60. The summed E-state index contributed by atoms with van der Waals surface area (Å²) >= 11 is 0. The molecule has 2 atom stereocenters. The summed E-state index contributed by atoms with van der Waals surface area (Å²) in [5.74, 6) is -0.610. The number of rotatable bonds is 5. The van der Waals surface area contributed by atoms with Crippen LogP contribution in [0.4, 0.5) is 0 Å². The van der Waals surface area contributed by atoms with Crippen molar-refractivity contribution >= 4 is 12.2 Å². The number of carbonyl (C=O) groups is 1. The van der Waals surface area contributed by atoms with Gasteiger partial charge in [0.2, 0.25) is 0 Å². The van der Waals surface area contributed by atoms with Crippen LogP contribution in [0, 0.1) is 10.1 Å². The molecule has 1 fully saturated rings. The molecule has 1 rings (SSSR count). The minimum atomic E-state index is -0.733. The number of ether oxygens (including phenoxy) is 1. The van der Waals surface area contributed by atoms with Crippen molar-refractivity contribution in [1.29, 1.82) is 0 Å². The number of oxime groups is 1. The molecule has 1 saturated carbocycles. The number of hydrogen-bond acceptors (Lipinski definition) is 6. The second kappa shape index (κ2) is 6.82. The maximum Gasteiger partial charge on any atom is 0.352 e. The van der Waals surface area contributed by atoms with Gasteiger partial charge in [-0.1, -0.05) is 5.16 Å². The van der Waals surface area contributed by atoms with Crippen molar-refractivity contribution in [3.8, 4) is 0 Å². The van der Waals surface area contributed by atoms with E-state index in [1.807, 2.05) is 0 Å². The van der Waals surface area contributed by atoms with E-state index in [4.69, 9.17) is 4.84 Å². The van der Waals surface area contributed by atoms with Crippen molar-refractivity contribution in [2.24, 2.45) is 5.16 Å². The zero-order valence-electron chi connectivity index (χ0n) is 9.70. The molecule has 0 aliphatic heterocycles. The average molecular weight is 244 g/mol. The van der Waals surface area contributed by atoms with Crippen LogP contribution in [-0.4, -0.2) is 35.9 Å². The number of carbonyl (C=O) groups excluding carboxylic acids is 1. The monoisotopic (exact) mass is 244 g/mol. The smallest absolute Gasteiger partial charge is 0.352 e. The van der Waals surface area contributed by atoms with E-state index in [1.54, 1.807) is 6.92 Å². The third kappa shape index (κ3) is 4.38. The number of nitrogens with zero attached hydrogens (tertiary/aromatic N) is 2. The molecule has 1 aliphatic rings. The van der Waals surface area contributed by atoms with Crippen LogP contribution in [0.25, 0.3) is 0 Å². The molecule has 7 heteroatoms. The Morgan fingerprint density at radius 3 is 2.88 bits per heavy atom. The third-order valence-electron chi connectivity index (χ3n) is 2.58. The molecule has 0 N–H and O–H groups in total. The SMILES string of the molecule is CCOC(=O)/C=N/OC1CCCCC1[N+](=O)[O-]. The van der Waals surface area contributed by atoms with Crippen molar-refractivity contribution < 1.29 is 19.3 Å². The molecule has 0 aromatic heterocycles. The van der Waals surface area contributed by atoms with Gasteiger partial charge in [-0.15, -0.1) is 0 Å². The van der Waals surface area contributed by atoms with Crippen LogP contribution in [0.15, 0.2) is 5.16 Å². The quantitative estimate of drug-likeness (QED) is 0.313. The van der Waals surface area contributed by atoms with Gasteiger partial charge in [-0.3, -0.25) is 10.1 Å². The van der Waals surface area contributed by atoms with E-state index < -0.39 is 18.1 Å². The van der Waals surface area contributed by atoms with Crippen LogP contribution in [0.5, 0.6) is 0 Å². The van der Waals surface area contributed by atoms with E-state index in [1.165, 1.54) is 0 Å². The molecule has 96 valence electrons. The van der Waals surface area contributed by atoms with Gasteiger partial charge in [0.05, 0.1) is 6.61 Å². The molecule has 17 heavy (non-hydrogen) atoms. The first kappa shape index (κ1) is 13.4. The summed E-state index contributed by atoms with van der Waals surface area (Å²) in [5, 5.41) is 14.2. The van der Waals surface area contributed by atoms with E-state index in [2.05, 4.69) is 9.89 Å². The molecule has 2 unspecified atom stereocenters. The molecule has 0 bridgehead atoms. The summed E-state index contributed by atoms with van der Waals surface area (Å²) in [6.45, 7) is 1.93. The number of hydrogen-bond donors (Lipinski definition) is 0. The van der Waals surface area contributed by atoms with Gasteiger partial charge in [-0.05, 0) is 26.2 Å². The lowest BCUT2D eigenvalue weighted by Crippen LogP contribution is -2.37. The van der Waals surface area contributed by atoms with Crippen molar-refractivity contribution in [3.63, 3.8) is 0 Å². The van der Waals surface area contributed by atoms with Gasteiger partial charge >= 0.3 is 5.97 Å². The van der Waals surface area contributed by atoms with Crippen LogP contribution >= 0.6 is 0 Å². The van der Waals surface area contributed by atoms with Crippen LogP contribution < -0.4 is 0 Å². The maximum atomic E-state index is 10.9. The normalized spacial score (nSPS) is 24.5. The topological polar surface area (TPSA) is 91.0 Å². The van der Waals surface area contributed by atoms with E-state index in [0.717, 1.165) is 19.1 Å². The Labute approximate surface area is 98.9 Å². The lowest BCUT2D eigenvalue weighted by atomic mass is 9.93. The standard InChI is InChI=1S/C10H16N2O5/c1-2-16-10(13)7-11-17-9-6-4-3-5-8(9)12(14)15/h7-9H,2-6H2,1H3/b11-7+. The minimum absolute atomic E-state index is 0.256. The summed E-state index contributed by atoms with van der Waals surface area (Å²) in [7, 11) is 0. The summed E-state index contributed by atoms with van der Waals surface area (Å²) in [5.41, 5.74) is 0. The van der Waals surface area contributed by atoms with Crippen molar-refractivity contribution in [3.05, 3.63) is 10.1 Å². The van der Waals surface area contributed by atoms with Crippen LogP contribution in [-0.2, 0) is 14.4 Å². The largest absolute Gasteiger partial charge is 0.462 e. The first-order valence-electron chi connectivity index (χ1n) is 5.64. The maximum absolute atomic E-state index is 10.9. The Bertz CT molecular complexity index is 305. The minimum Gasteiger partial charge on any atom is -0.462 e. The van der Waals surface area contributed by atoms with Crippen LogP contribution in [0.2, 0.25) is 0 Å². The van der Waals surface area contributed by atoms with Crippen molar-refractivity contribution in [2.75, 3.05) is 6.61 Å². The highest BCUT2D eigenvalue weighted by molar-refractivity contribution is 6.22. The van der Waals surface area contributed by atoms with Gasteiger partial charge in [0.1, 0.15) is 0 Å². The van der Waals surface area contributed by atoms with Gasteiger partial charge in [0.25, 0.3) is 6.04 Å². The van der Waals surface area contributed by atoms with E-state index in [0.29, 0.717) is 12.8 Å². The highest BCUT2D eigenvalue weighted by atomic mass is 16.7. The number of nitro groups is 1. The second-order valence-corrected chi connectivity index (χ2v) is 3.77. The molecule has 0 amide bonds. The lowest BCUT2D eigenvalue weighted by Gasteiger charge is -2.22. The molecule has 0 aromatic rings. The molecule has 0 heterocycles. The summed E-state index contributed by atoms with van der Waals surface area (Å²) in [4.78, 5) is 26.3. The Morgan fingerprint density at radius 1 is 1.53 bits per heavy atom. The van der Waals surface area contributed by atoms with Gasteiger partial charge in [-0.25, -0.2) is 4.79 Å². The molecule has 0 aromatic carbocycles. The molecule has 0 spiro atoms. The number of esters is 1. The first-order chi connectivity index (χ1) is 8.15. The highest BCUT2D eigenvalue weighted by Crippen LogP contribution is 2.23. The third-order valence-corrected chi connectivity index (χ3v) is 2.58. The fourth-order valence-electron chi connectivity index (χ4n) is 1.77. The Kier molecular flexibility index (Phi) is 5.38. The van der Waals surface area contributed by atoms with E-state index in [9.17, 15) is 14.9 Å². The molecule has 0 saturated heterocycles. The van der Waals surface area contributed by atoms with Gasteiger partial charge < -0.3 is 9.57 Å². The highest BCUT2D eigenvalue weighted by Gasteiger charge is 2.36. The van der Waals surface area contributed by atoms with Crippen molar-refractivity contribution in [2.45, 2.75) is 44.8 Å². The molecule has 0 radical (unpaired) electrons. The zero-order valence-corrected chi connectivity index (χ0v) is 9.70. The van der Waals surface area contributed by atoms with Crippen molar-refractivity contribution in [1.82, 2.24) is 0 Å². The fourth-order valence-corrected chi connectivity index (χ4v) is 1.77. The van der Waals surface area contributed by atoms with Gasteiger partial charge in [-0.2, -0.15) is 0 Å². The van der Waals surface area contributed by atoms with E-state index >= 15 is 0 Å². The molecular weight excluding hydrogens is 228 g/mol. The van der Waals surface area contributed by atoms with Crippen LogP contribution in [0.1, 0.15) is 32.6 Å². The van der Waals surface area contributed by atoms with Crippen LogP contribution in [0.3, 0.4) is 0 Å². The Hall–Kier alpha value is -1.66. The van der Waals surface area contributed by atoms with E-state index in [-0.39, 0.29) is 11.5 Å². The summed E-state index contributed by atoms with van der Waals surface area (Å²) in [6, 6.07) is -0.733. The second-order valence-electron chi connectivity index (χ2n) is 3.77. The average Bonchev–Trinajstić information content (AvgIpc) is 2.30. The first-order valence-corrected chi connectivity index (χ1v) is 5.64. The Balaban J connectivity index is 2.43. The zero-order chi connectivity index (χ0) is 12.7. The van der Waals surface area contributed by atoms with Gasteiger partial charge in [0, 0.05) is 11.3 Å². The fraction of sp³-hybridized carbons (Fsp3) is 0.800. The lowest BCUT2D eigenvalue weighted by molar-refractivity contribution is -0.539. The summed E-state index contributed by atoms with van der Waals surface area (Å²) in [6.07, 6.45) is 3.13. The molecule has 1 aliphatic carbocycles. The molecule has 7 nitrogen and oxygen atoms in total. The predicted molar refractivity (Wildman–Crippen MR) is 59.2 cm³/mol.